The van der Waals surface area contributed by atoms with Crippen LogP contribution in [-0.4, -0.2) is 37.0 Å². The molecule has 0 aromatic carbocycles. The molecule has 8 nitrogen and oxygen atoms in total. The number of hydrogen-bond donors (Lipinski definition) is 2. The van der Waals surface area contributed by atoms with Crippen LogP contribution in [0.25, 0.3) is 0 Å². The Bertz CT molecular complexity index is 449. The lowest BCUT2D eigenvalue weighted by atomic mass is 9.77. The van der Waals surface area contributed by atoms with Gasteiger partial charge in [-0.1, -0.05) is 25.7 Å². The van der Waals surface area contributed by atoms with Crippen LogP contribution in [0.15, 0.2) is 0 Å². The van der Waals surface area contributed by atoms with Crippen molar-refractivity contribution in [2.24, 2.45) is 16.9 Å². The molecule has 27 heavy (non-hydrogen) atoms. The third-order valence-corrected chi connectivity index (χ3v) is 4.39. The zero-order valence-corrected chi connectivity index (χ0v) is 16.6. The predicted octanol–water partition coefficient (Wildman–Crippen LogP) is 1.97. The van der Waals surface area contributed by atoms with E-state index in [0.717, 1.165) is 0 Å². The largest absolute Gasteiger partial charge is 0.465 e. The minimum absolute atomic E-state index is 0.170. The van der Waals surface area contributed by atoms with Crippen LogP contribution >= 0.6 is 0 Å². The summed E-state index contributed by atoms with van der Waals surface area (Å²) in [6, 6.07) is 0. The van der Waals surface area contributed by atoms with Crippen LogP contribution in [0.5, 0.6) is 0 Å². The monoisotopic (exact) mass is 386 g/mol. The van der Waals surface area contributed by atoms with E-state index in [2.05, 4.69) is 0 Å². The second kappa shape index (κ2) is 14.0. The average Bonchev–Trinajstić information content (AvgIpc) is 2.59. The SMILES string of the molecule is CCOC(=O)C(CCCCCC(N)=O)(CCCCCC(N)=O)C(=O)OCC. The van der Waals surface area contributed by atoms with Crippen LogP contribution in [0, 0.1) is 5.41 Å². The zero-order valence-electron chi connectivity index (χ0n) is 16.6. The third-order valence-electron chi connectivity index (χ3n) is 4.39. The summed E-state index contributed by atoms with van der Waals surface area (Å²) >= 11 is 0. The van der Waals surface area contributed by atoms with Crippen molar-refractivity contribution in [3.8, 4) is 0 Å². The second-order valence-electron chi connectivity index (χ2n) is 6.58. The van der Waals surface area contributed by atoms with Gasteiger partial charge in [-0.15, -0.1) is 0 Å². The molecule has 0 atom stereocenters. The van der Waals surface area contributed by atoms with Gasteiger partial charge >= 0.3 is 11.9 Å². The van der Waals surface area contributed by atoms with Gasteiger partial charge in [-0.25, -0.2) is 0 Å². The van der Waals surface area contributed by atoms with Crippen molar-refractivity contribution in [1.82, 2.24) is 0 Å². The molecule has 0 aliphatic heterocycles. The third kappa shape index (κ3) is 9.96. The molecule has 0 heterocycles. The molecule has 2 amide bonds. The van der Waals surface area contributed by atoms with Gasteiger partial charge in [-0.3, -0.25) is 19.2 Å². The molecule has 0 saturated carbocycles. The molecule has 0 aliphatic carbocycles. The minimum atomic E-state index is -1.36. The first kappa shape index (κ1) is 24.9. The van der Waals surface area contributed by atoms with Gasteiger partial charge in [0.25, 0.3) is 0 Å². The normalized spacial score (nSPS) is 11.0. The summed E-state index contributed by atoms with van der Waals surface area (Å²) in [5.41, 5.74) is 8.91. The summed E-state index contributed by atoms with van der Waals surface area (Å²) in [5.74, 6) is -1.89. The second-order valence-corrected chi connectivity index (χ2v) is 6.58. The number of ether oxygens (including phenoxy) is 2. The summed E-state index contributed by atoms with van der Waals surface area (Å²) in [7, 11) is 0. The van der Waals surface area contributed by atoms with E-state index in [1.165, 1.54) is 0 Å². The van der Waals surface area contributed by atoms with Crippen LogP contribution in [-0.2, 0) is 28.7 Å². The maximum atomic E-state index is 12.7. The van der Waals surface area contributed by atoms with Gasteiger partial charge in [-0.05, 0) is 39.5 Å². The summed E-state index contributed by atoms with van der Waals surface area (Å²) in [6.07, 6.45) is 4.84. The summed E-state index contributed by atoms with van der Waals surface area (Å²) < 4.78 is 10.4. The van der Waals surface area contributed by atoms with E-state index in [0.29, 0.717) is 51.4 Å². The van der Waals surface area contributed by atoms with E-state index in [4.69, 9.17) is 20.9 Å². The van der Waals surface area contributed by atoms with Crippen LogP contribution in [0.4, 0.5) is 0 Å². The number of primary amides is 2. The van der Waals surface area contributed by atoms with Crippen molar-refractivity contribution in [3.63, 3.8) is 0 Å². The van der Waals surface area contributed by atoms with Gasteiger partial charge in [0.05, 0.1) is 13.2 Å². The van der Waals surface area contributed by atoms with Crippen LogP contribution in [0.3, 0.4) is 0 Å². The molecule has 0 aromatic heterocycles. The quantitative estimate of drug-likeness (QED) is 0.236. The van der Waals surface area contributed by atoms with Crippen LogP contribution < -0.4 is 11.5 Å². The van der Waals surface area contributed by atoms with Crippen molar-refractivity contribution in [3.05, 3.63) is 0 Å². The highest BCUT2D eigenvalue weighted by molar-refractivity contribution is 6.00. The van der Waals surface area contributed by atoms with Crippen molar-refractivity contribution in [1.29, 1.82) is 0 Å². The number of amides is 2. The van der Waals surface area contributed by atoms with Gasteiger partial charge < -0.3 is 20.9 Å². The Balaban J connectivity index is 5.05. The molecule has 4 N–H and O–H groups in total. The molecule has 0 bridgehead atoms. The molecule has 0 saturated heterocycles. The van der Waals surface area contributed by atoms with Crippen molar-refractivity contribution in [2.75, 3.05) is 13.2 Å². The highest BCUT2D eigenvalue weighted by Crippen LogP contribution is 2.35. The van der Waals surface area contributed by atoms with E-state index >= 15 is 0 Å². The van der Waals surface area contributed by atoms with Crippen molar-refractivity contribution >= 4 is 23.8 Å². The maximum absolute atomic E-state index is 12.7. The molecule has 0 unspecified atom stereocenters. The van der Waals surface area contributed by atoms with Gasteiger partial charge in [0.15, 0.2) is 5.41 Å². The number of carbonyl (C=O) groups excluding carboxylic acids is 4. The first-order chi connectivity index (χ1) is 12.8. The fourth-order valence-electron chi connectivity index (χ4n) is 2.96. The highest BCUT2D eigenvalue weighted by atomic mass is 16.6. The van der Waals surface area contributed by atoms with Gasteiger partial charge in [0.2, 0.25) is 11.8 Å². The number of nitrogens with two attached hydrogens (primary N) is 2. The molecular weight excluding hydrogens is 352 g/mol. The molecule has 0 rings (SSSR count). The topological polar surface area (TPSA) is 139 Å². The number of rotatable bonds is 16. The van der Waals surface area contributed by atoms with Crippen molar-refractivity contribution in [2.45, 2.75) is 78.1 Å². The number of carbonyl (C=O) groups is 4. The Morgan fingerprint density at radius 1 is 0.667 bits per heavy atom. The standard InChI is InChI=1S/C19H34N2O6/c1-3-26-17(24)19(18(25)27-4-2,13-9-5-7-11-15(20)22)14-10-6-8-12-16(21)23/h3-14H2,1-2H3,(H2,20,22)(H2,21,23). The zero-order chi connectivity index (χ0) is 20.7. The number of unbranched alkanes of at least 4 members (excludes halogenated alkanes) is 4. The van der Waals surface area contributed by atoms with E-state index in [1.807, 2.05) is 0 Å². The molecule has 0 radical (unpaired) electrons. The minimum Gasteiger partial charge on any atom is -0.465 e. The summed E-state index contributed by atoms with van der Waals surface area (Å²) in [5, 5.41) is 0. The lowest BCUT2D eigenvalue weighted by molar-refractivity contribution is -0.173. The molecule has 0 aliphatic rings. The van der Waals surface area contributed by atoms with Gasteiger partial charge in [-0.2, -0.15) is 0 Å². The summed E-state index contributed by atoms with van der Waals surface area (Å²) in [4.78, 5) is 47.0. The van der Waals surface area contributed by atoms with E-state index < -0.39 is 17.4 Å². The highest BCUT2D eigenvalue weighted by Gasteiger charge is 2.47. The molecule has 0 fully saturated rings. The Morgan fingerprint density at radius 2 is 1.04 bits per heavy atom. The number of hydrogen-bond acceptors (Lipinski definition) is 6. The average molecular weight is 386 g/mol. The van der Waals surface area contributed by atoms with E-state index in [9.17, 15) is 19.2 Å². The summed E-state index contributed by atoms with van der Waals surface area (Å²) in [6.45, 7) is 3.72. The first-order valence-electron chi connectivity index (χ1n) is 9.71. The Hall–Kier alpha value is -2.12. The smallest absolute Gasteiger partial charge is 0.323 e. The Morgan fingerprint density at radius 3 is 1.33 bits per heavy atom. The fraction of sp³-hybridized carbons (Fsp3) is 0.789. The first-order valence-corrected chi connectivity index (χ1v) is 9.71. The predicted molar refractivity (Wildman–Crippen MR) is 100 cm³/mol. The molecule has 0 spiro atoms. The van der Waals surface area contributed by atoms with Crippen LogP contribution in [0.2, 0.25) is 0 Å². The Kier molecular flexibility index (Phi) is 12.9. The fourth-order valence-corrected chi connectivity index (χ4v) is 2.96. The lowest BCUT2D eigenvalue weighted by Gasteiger charge is -2.29. The van der Waals surface area contributed by atoms with Crippen molar-refractivity contribution < 1.29 is 28.7 Å². The Labute approximate surface area is 161 Å². The lowest BCUT2D eigenvalue weighted by Crippen LogP contribution is -2.42. The number of esters is 2. The molecular formula is C19H34N2O6. The maximum Gasteiger partial charge on any atom is 0.323 e. The molecule has 0 aromatic rings. The molecule has 8 heteroatoms. The van der Waals surface area contributed by atoms with Gasteiger partial charge in [0, 0.05) is 12.8 Å². The van der Waals surface area contributed by atoms with Crippen LogP contribution in [0.1, 0.15) is 78.1 Å². The van der Waals surface area contributed by atoms with Gasteiger partial charge in [0.1, 0.15) is 0 Å². The van der Waals surface area contributed by atoms with E-state index in [1.54, 1.807) is 13.8 Å². The molecule has 156 valence electrons. The van der Waals surface area contributed by atoms with E-state index in [-0.39, 0.29) is 37.9 Å².